The molecule has 2 fully saturated rings. The summed E-state index contributed by atoms with van der Waals surface area (Å²) < 4.78 is 5.56. The highest BCUT2D eigenvalue weighted by atomic mass is 16.6. The van der Waals surface area contributed by atoms with Crippen LogP contribution in [0.2, 0.25) is 0 Å². The van der Waals surface area contributed by atoms with E-state index in [4.69, 9.17) is 4.74 Å². The molecule has 1 unspecified atom stereocenters. The average Bonchev–Trinajstić information content (AvgIpc) is 3.05. The van der Waals surface area contributed by atoms with E-state index >= 15 is 0 Å². The van der Waals surface area contributed by atoms with Crippen molar-refractivity contribution < 1.29 is 19.1 Å². The zero-order valence-electron chi connectivity index (χ0n) is 20.5. The van der Waals surface area contributed by atoms with Gasteiger partial charge in [0.25, 0.3) is 0 Å². The van der Waals surface area contributed by atoms with Crippen molar-refractivity contribution >= 4 is 17.8 Å². The molecule has 0 radical (unpaired) electrons. The molecule has 180 valence electrons. The van der Waals surface area contributed by atoms with Gasteiger partial charge in [-0.15, -0.1) is 0 Å². The number of ketones is 1. The Morgan fingerprint density at radius 2 is 1.71 bits per heavy atom. The number of nitrogens with zero attached hydrogens (tertiary/aromatic N) is 2. The molecule has 2 aliphatic heterocycles. The summed E-state index contributed by atoms with van der Waals surface area (Å²) in [5.74, 6) is 0.208. The fraction of sp³-hybridized carbons (Fsp3) is 0.464. The van der Waals surface area contributed by atoms with Gasteiger partial charge in [-0.2, -0.15) is 0 Å². The van der Waals surface area contributed by atoms with Gasteiger partial charge in [-0.25, -0.2) is 4.79 Å². The molecule has 6 heteroatoms. The van der Waals surface area contributed by atoms with E-state index in [2.05, 4.69) is 12.1 Å². The van der Waals surface area contributed by atoms with Gasteiger partial charge in [-0.1, -0.05) is 48.5 Å². The molecule has 1 atom stereocenters. The number of carbonyl (C=O) groups excluding carboxylic acids is 3. The van der Waals surface area contributed by atoms with Crippen molar-refractivity contribution in [3.8, 4) is 0 Å². The molecule has 34 heavy (non-hydrogen) atoms. The van der Waals surface area contributed by atoms with E-state index in [1.807, 2.05) is 62.1 Å². The molecule has 2 aromatic carbocycles. The molecule has 4 rings (SSSR count). The summed E-state index contributed by atoms with van der Waals surface area (Å²) in [5.41, 5.74) is 1.67. The van der Waals surface area contributed by atoms with Crippen LogP contribution < -0.4 is 0 Å². The second kappa shape index (κ2) is 9.24. The number of likely N-dealkylation sites (tertiary alicyclic amines) is 2. The Kier molecular flexibility index (Phi) is 6.52. The van der Waals surface area contributed by atoms with E-state index in [0.717, 1.165) is 11.1 Å². The van der Waals surface area contributed by atoms with Gasteiger partial charge in [0.2, 0.25) is 5.91 Å². The van der Waals surface area contributed by atoms with Gasteiger partial charge in [-0.3, -0.25) is 9.59 Å². The van der Waals surface area contributed by atoms with Crippen molar-refractivity contribution in [3.63, 3.8) is 0 Å². The van der Waals surface area contributed by atoms with Gasteiger partial charge in [0.15, 0.2) is 5.78 Å². The van der Waals surface area contributed by atoms with Crippen molar-refractivity contribution in [3.05, 3.63) is 71.3 Å². The summed E-state index contributed by atoms with van der Waals surface area (Å²) in [5, 5.41) is 0. The van der Waals surface area contributed by atoms with Crippen molar-refractivity contribution in [2.75, 3.05) is 19.6 Å². The molecule has 2 amide bonds. The highest BCUT2D eigenvalue weighted by Gasteiger charge is 2.55. The molecule has 0 bridgehead atoms. The number of benzene rings is 2. The number of hydrogen-bond acceptors (Lipinski definition) is 4. The molecular weight excluding hydrogens is 428 g/mol. The topological polar surface area (TPSA) is 66.9 Å². The quantitative estimate of drug-likeness (QED) is 0.598. The minimum absolute atomic E-state index is 0.0164. The Balaban J connectivity index is 1.58. The van der Waals surface area contributed by atoms with E-state index in [1.54, 1.807) is 17.9 Å². The molecule has 2 heterocycles. The van der Waals surface area contributed by atoms with Crippen LogP contribution in [-0.4, -0.2) is 52.8 Å². The van der Waals surface area contributed by atoms with E-state index in [9.17, 15) is 14.4 Å². The number of hydrogen-bond donors (Lipinski definition) is 0. The Morgan fingerprint density at radius 3 is 2.32 bits per heavy atom. The lowest BCUT2D eigenvalue weighted by Crippen LogP contribution is -2.49. The first-order valence-electron chi connectivity index (χ1n) is 12.0. The minimum Gasteiger partial charge on any atom is -0.444 e. The molecule has 0 aliphatic carbocycles. The van der Waals surface area contributed by atoms with E-state index in [-0.39, 0.29) is 23.7 Å². The Labute approximate surface area is 201 Å². The molecule has 1 spiro atoms. The Bertz CT molecular complexity index is 1070. The molecular formula is C28H34N2O4. The molecule has 2 aliphatic rings. The average molecular weight is 463 g/mol. The zero-order chi connectivity index (χ0) is 24.5. The lowest BCUT2D eigenvalue weighted by Gasteiger charge is -2.41. The van der Waals surface area contributed by atoms with Crippen molar-refractivity contribution in [2.45, 2.75) is 58.6 Å². The van der Waals surface area contributed by atoms with Crippen LogP contribution in [0.1, 0.15) is 67.9 Å². The van der Waals surface area contributed by atoms with Gasteiger partial charge >= 0.3 is 6.09 Å². The summed E-state index contributed by atoms with van der Waals surface area (Å²) in [6, 6.07) is 17.7. The van der Waals surface area contributed by atoms with Gasteiger partial charge < -0.3 is 14.5 Å². The predicted octanol–water partition coefficient (Wildman–Crippen LogP) is 5.03. The van der Waals surface area contributed by atoms with Gasteiger partial charge in [0, 0.05) is 37.7 Å². The fourth-order valence-electron chi connectivity index (χ4n) is 5.27. The maximum atomic E-state index is 13.9. The van der Waals surface area contributed by atoms with Crippen LogP contribution in [0.5, 0.6) is 0 Å². The summed E-state index contributed by atoms with van der Waals surface area (Å²) in [6.45, 7) is 9.23. The summed E-state index contributed by atoms with van der Waals surface area (Å²) in [6.07, 6.45) is 0.894. The third-order valence-electron chi connectivity index (χ3n) is 7.00. The molecule has 6 nitrogen and oxygen atoms in total. The van der Waals surface area contributed by atoms with Crippen molar-refractivity contribution in [2.24, 2.45) is 5.41 Å². The Hall–Kier alpha value is -3.15. The fourth-order valence-corrected chi connectivity index (χ4v) is 5.27. The third-order valence-corrected chi connectivity index (χ3v) is 7.00. The molecule has 2 saturated heterocycles. The number of carbonyl (C=O) groups is 3. The monoisotopic (exact) mass is 462 g/mol. The number of piperidine rings is 1. The summed E-state index contributed by atoms with van der Waals surface area (Å²) >= 11 is 0. The van der Waals surface area contributed by atoms with Crippen LogP contribution in [0, 0.1) is 5.41 Å². The standard InChI is InChI=1S/C28H34N2O4/c1-20(31)23-12-8-9-21(17-23)18-30-19-24(22-10-6-5-7-11-22)28(25(30)32)13-15-29(16-14-28)26(33)34-27(2,3)4/h5-12,17,24H,13-16,18-19H2,1-4H3. The normalized spacial score (nSPS) is 20.0. The summed E-state index contributed by atoms with van der Waals surface area (Å²) in [4.78, 5) is 42.0. The molecule has 0 saturated carbocycles. The lowest BCUT2D eigenvalue weighted by atomic mass is 9.68. The highest BCUT2D eigenvalue weighted by molar-refractivity contribution is 5.94. The van der Waals surface area contributed by atoms with Gasteiger partial charge in [-0.05, 0) is 57.7 Å². The number of amides is 2. The lowest BCUT2D eigenvalue weighted by molar-refractivity contribution is -0.139. The van der Waals surface area contributed by atoms with Crippen LogP contribution in [0.4, 0.5) is 4.79 Å². The third kappa shape index (κ3) is 4.86. The Morgan fingerprint density at radius 1 is 1.03 bits per heavy atom. The maximum absolute atomic E-state index is 13.9. The van der Waals surface area contributed by atoms with Crippen LogP contribution in [0.15, 0.2) is 54.6 Å². The first-order valence-corrected chi connectivity index (χ1v) is 12.0. The summed E-state index contributed by atoms with van der Waals surface area (Å²) in [7, 11) is 0. The van der Waals surface area contributed by atoms with E-state index in [0.29, 0.717) is 44.6 Å². The second-order valence-electron chi connectivity index (χ2n) is 10.5. The van der Waals surface area contributed by atoms with E-state index < -0.39 is 11.0 Å². The maximum Gasteiger partial charge on any atom is 0.410 e. The highest BCUT2D eigenvalue weighted by Crippen LogP contribution is 2.51. The minimum atomic E-state index is -0.548. The SMILES string of the molecule is CC(=O)c1cccc(CN2CC(c3ccccc3)C3(CCN(C(=O)OC(C)(C)C)CC3)C2=O)c1. The van der Waals surface area contributed by atoms with Crippen LogP contribution >= 0.6 is 0 Å². The molecule has 0 N–H and O–H groups in total. The van der Waals surface area contributed by atoms with E-state index in [1.165, 1.54) is 0 Å². The largest absolute Gasteiger partial charge is 0.444 e. The first kappa shape index (κ1) is 24.0. The van der Waals surface area contributed by atoms with Crippen molar-refractivity contribution in [1.29, 1.82) is 0 Å². The number of rotatable bonds is 4. The zero-order valence-corrected chi connectivity index (χ0v) is 20.5. The van der Waals surface area contributed by atoms with Gasteiger partial charge in [0.05, 0.1) is 5.41 Å². The van der Waals surface area contributed by atoms with Crippen LogP contribution in [0.25, 0.3) is 0 Å². The van der Waals surface area contributed by atoms with Crippen LogP contribution in [-0.2, 0) is 16.1 Å². The number of ether oxygens (including phenoxy) is 1. The van der Waals surface area contributed by atoms with Gasteiger partial charge in [0.1, 0.15) is 5.60 Å². The number of Topliss-reactive ketones (excluding diaryl/α,β-unsaturated/α-hetero) is 1. The first-order chi connectivity index (χ1) is 16.1. The smallest absolute Gasteiger partial charge is 0.410 e. The van der Waals surface area contributed by atoms with Crippen LogP contribution in [0.3, 0.4) is 0 Å². The molecule has 0 aromatic heterocycles. The second-order valence-corrected chi connectivity index (χ2v) is 10.5. The molecule has 2 aromatic rings. The van der Waals surface area contributed by atoms with Crippen molar-refractivity contribution in [1.82, 2.24) is 9.80 Å². The predicted molar refractivity (Wildman–Crippen MR) is 131 cm³/mol.